The van der Waals surface area contributed by atoms with Crippen molar-refractivity contribution in [3.63, 3.8) is 0 Å². The van der Waals surface area contributed by atoms with Crippen LogP contribution in [0.2, 0.25) is 0 Å². The van der Waals surface area contributed by atoms with Crippen molar-refractivity contribution >= 4 is 23.5 Å². The van der Waals surface area contributed by atoms with Crippen LogP contribution >= 0.6 is 0 Å². The van der Waals surface area contributed by atoms with E-state index in [1.165, 1.54) is 19.2 Å². The Morgan fingerprint density at radius 2 is 1.75 bits per heavy atom. The number of methoxy groups -OCH3 is 1. The molecule has 2 aromatic rings. The zero-order valence-electron chi connectivity index (χ0n) is 14.9. The predicted octanol–water partition coefficient (Wildman–Crippen LogP) is 2.45. The van der Waals surface area contributed by atoms with Crippen LogP contribution < -0.4 is 4.74 Å². The zero-order chi connectivity index (χ0) is 20.3. The molecule has 0 unspecified atom stereocenters. The second-order valence-electron chi connectivity index (χ2n) is 5.94. The first kappa shape index (κ1) is 19.0. The van der Waals surface area contributed by atoms with Gasteiger partial charge in [0.2, 0.25) is 0 Å². The molecule has 0 saturated heterocycles. The fourth-order valence-electron chi connectivity index (χ4n) is 2.87. The van der Waals surface area contributed by atoms with E-state index >= 15 is 0 Å². The highest BCUT2D eigenvalue weighted by atomic mass is 16.6. The van der Waals surface area contributed by atoms with Crippen molar-refractivity contribution in [1.29, 1.82) is 0 Å². The minimum atomic E-state index is -0.882. The summed E-state index contributed by atoms with van der Waals surface area (Å²) >= 11 is 0. The molecule has 1 heterocycles. The van der Waals surface area contributed by atoms with Gasteiger partial charge in [-0.3, -0.25) is 24.6 Å². The molecule has 9 nitrogen and oxygen atoms in total. The lowest BCUT2D eigenvalue weighted by Gasteiger charge is -2.13. The Hall–Kier alpha value is -3.75. The van der Waals surface area contributed by atoms with Crippen LogP contribution in [-0.2, 0) is 4.74 Å². The monoisotopic (exact) mass is 384 g/mol. The first-order valence-corrected chi connectivity index (χ1v) is 8.39. The molecule has 0 aliphatic carbocycles. The van der Waals surface area contributed by atoms with E-state index in [2.05, 4.69) is 0 Å². The average molecular weight is 384 g/mol. The minimum absolute atomic E-state index is 0.0693. The fraction of sp³-hybridized carbons (Fsp3) is 0.211. The fourth-order valence-corrected chi connectivity index (χ4v) is 2.87. The van der Waals surface area contributed by atoms with Crippen molar-refractivity contribution in [3.8, 4) is 5.75 Å². The number of nitro groups is 1. The molecule has 0 atom stereocenters. The van der Waals surface area contributed by atoms with E-state index in [4.69, 9.17) is 9.47 Å². The van der Waals surface area contributed by atoms with E-state index in [-0.39, 0.29) is 30.9 Å². The largest absolute Gasteiger partial charge is 0.497 e. The lowest BCUT2D eigenvalue weighted by Crippen LogP contribution is -2.31. The highest BCUT2D eigenvalue weighted by molar-refractivity contribution is 6.21. The van der Waals surface area contributed by atoms with Crippen LogP contribution in [0.1, 0.15) is 37.5 Å². The minimum Gasteiger partial charge on any atom is -0.497 e. The molecule has 2 aromatic carbocycles. The summed E-state index contributed by atoms with van der Waals surface area (Å²) in [6.07, 6.45) is 0.203. The van der Waals surface area contributed by atoms with Crippen molar-refractivity contribution in [2.45, 2.75) is 6.42 Å². The van der Waals surface area contributed by atoms with Crippen molar-refractivity contribution in [1.82, 2.24) is 4.90 Å². The number of fused-ring (bicyclic) bond motifs is 1. The normalized spacial score (nSPS) is 12.7. The number of hydrogen-bond donors (Lipinski definition) is 0. The molecular weight excluding hydrogens is 368 g/mol. The first-order chi connectivity index (χ1) is 13.4. The summed E-state index contributed by atoms with van der Waals surface area (Å²) in [6.45, 7) is -0.0412. The Bertz CT molecular complexity index is 936. The molecule has 0 saturated carbocycles. The molecule has 0 radical (unpaired) electrons. The lowest BCUT2D eigenvalue weighted by molar-refractivity contribution is -0.385. The third-order valence-corrected chi connectivity index (χ3v) is 4.26. The topological polar surface area (TPSA) is 116 Å². The summed E-state index contributed by atoms with van der Waals surface area (Å²) < 4.78 is 10.1. The quantitative estimate of drug-likeness (QED) is 0.237. The van der Waals surface area contributed by atoms with Gasteiger partial charge in [-0.15, -0.1) is 0 Å². The van der Waals surface area contributed by atoms with Gasteiger partial charge in [0.1, 0.15) is 11.3 Å². The SMILES string of the molecule is COc1ccc([N+](=O)[O-])c(C(=O)OCCCN2C(=O)c3ccccc3C2=O)c1. The maximum absolute atomic E-state index is 12.3. The van der Waals surface area contributed by atoms with Crippen LogP contribution in [0.25, 0.3) is 0 Å². The number of hydrogen-bond acceptors (Lipinski definition) is 7. The van der Waals surface area contributed by atoms with E-state index in [1.54, 1.807) is 24.3 Å². The van der Waals surface area contributed by atoms with Gasteiger partial charge in [0.25, 0.3) is 17.5 Å². The highest BCUT2D eigenvalue weighted by Gasteiger charge is 2.34. The standard InChI is InChI=1S/C19H16N2O7/c1-27-12-7-8-16(21(25)26)15(11-12)19(24)28-10-4-9-20-17(22)13-5-2-3-6-14(13)18(20)23/h2-3,5-8,11H,4,9-10H2,1H3. The van der Waals surface area contributed by atoms with Gasteiger partial charge < -0.3 is 9.47 Å². The van der Waals surface area contributed by atoms with Gasteiger partial charge in [0.15, 0.2) is 0 Å². The number of imide groups is 1. The molecule has 144 valence electrons. The van der Waals surface area contributed by atoms with Crippen LogP contribution in [-0.4, -0.2) is 47.9 Å². The Morgan fingerprint density at radius 3 is 2.32 bits per heavy atom. The summed E-state index contributed by atoms with van der Waals surface area (Å²) in [6, 6.07) is 10.3. The average Bonchev–Trinajstić information content (AvgIpc) is 2.95. The summed E-state index contributed by atoms with van der Waals surface area (Å²) in [7, 11) is 1.37. The predicted molar refractivity (Wildman–Crippen MR) is 96.4 cm³/mol. The Balaban J connectivity index is 1.59. The third-order valence-electron chi connectivity index (χ3n) is 4.26. The molecule has 3 rings (SSSR count). The highest BCUT2D eigenvalue weighted by Crippen LogP contribution is 2.25. The van der Waals surface area contributed by atoms with Crippen molar-refractivity contribution in [2.75, 3.05) is 20.3 Å². The van der Waals surface area contributed by atoms with Gasteiger partial charge in [0.05, 0.1) is 29.8 Å². The van der Waals surface area contributed by atoms with E-state index < -0.39 is 28.4 Å². The molecule has 28 heavy (non-hydrogen) atoms. The third kappa shape index (κ3) is 3.54. The number of carbonyl (C=O) groups is 3. The maximum atomic E-state index is 12.3. The van der Waals surface area contributed by atoms with E-state index in [9.17, 15) is 24.5 Å². The van der Waals surface area contributed by atoms with Crippen LogP contribution in [0, 0.1) is 10.1 Å². The van der Waals surface area contributed by atoms with Gasteiger partial charge in [-0.2, -0.15) is 0 Å². The van der Waals surface area contributed by atoms with Gasteiger partial charge in [-0.05, 0) is 24.6 Å². The van der Waals surface area contributed by atoms with Crippen LogP contribution in [0.15, 0.2) is 42.5 Å². The van der Waals surface area contributed by atoms with Crippen molar-refractivity contribution < 1.29 is 28.8 Å². The Morgan fingerprint density at radius 1 is 1.11 bits per heavy atom. The molecule has 0 N–H and O–H groups in total. The molecule has 2 amide bonds. The van der Waals surface area contributed by atoms with Crippen LogP contribution in [0.4, 0.5) is 5.69 Å². The van der Waals surface area contributed by atoms with Gasteiger partial charge in [-0.25, -0.2) is 4.79 Å². The van der Waals surface area contributed by atoms with Gasteiger partial charge in [-0.1, -0.05) is 12.1 Å². The zero-order valence-corrected chi connectivity index (χ0v) is 14.9. The number of ether oxygens (including phenoxy) is 2. The molecule has 0 bridgehead atoms. The molecule has 0 aromatic heterocycles. The lowest BCUT2D eigenvalue weighted by atomic mass is 10.1. The summed E-state index contributed by atoms with van der Waals surface area (Å²) in [5.41, 5.74) is 0.0595. The van der Waals surface area contributed by atoms with Crippen LogP contribution in [0.5, 0.6) is 5.75 Å². The number of rotatable bonds is 7. The van der Waals surface area contributed by atoms with E-state index in [0.717, 1.165) is 11.0 Å². The summed E-state index contributed by atoms with van der Waals surface area (Å²) in [5, 5.41) is 11.1. The number of carbonyl (C=O) groups excluding carboxylic acids is 3. The number of nitro benzene ring substituents is 1. The molecule has 0 fully saturated rings. The van der Waals surface area contributed by atoms with Crippen molar-refractivity contribution in [2.24, 2.45) is 0 Å². The van der Waals surface area contributed by atoms with Gasteiger partial charge in [0, 0.05) is 18.7 Å². The molecule has 0 spiro atoms. The van der Waals surface area contributed by atoms with Crippen molar-refractivity contribution in [3.05, 3.63) is 69.3 Å². The van der Waals surface area contributed by atoms with Gasteiger partial charge >= 0.3 is 5.97 Å². The van der Waals surface area contributed by atoms with E-state index in [0.29, 0.717) is 11.1 Å². The summed E-state index contributed by atoms with van der Waals surface area (Å²) in [5.74, 6) is -1.39. The maximum Gasteiger partial charge on any atom is 0.345 e. The van der Waals surface area contributed by atoms with E-state index in [1.807, 2.05) is 0 Å². The molecule has 9 heteroatoms. The molecule has 1 aliphatic rings. The number of esters is 1. The second-order valence-corrected chi connectivity index (χ2v) is 5.94. The summed E-state index contributed by atoms with van der Waals surface area (Å²) in [4.78, 5) is 48.2. The smallest absolute Gasteiger partial charge is 0.345 e. The Labute approximate surface area is 159 Å². The Kier molecular flexibility index (Phi) is 5.35. The molecule has 1 aliphatic heterocycles. The number of amides is 2. The number of benzene rings is 2. The second kappa shape index (κ2) is 7.87. The van der Waals surface area contributed by atoms with Crippen LogP contribution in [0.3, 0.4) is 0 Å². The first-order valence-electron chi connectivity index (χ1n) is 8.39. The number of nitrogens with zero attached hydrogens (tertiary/aromatic N) is 2. The molecular formula is C19H16N2O7.